The number of nitrogens with one attached hydrogen (secondary N) is 1. The van der Waals surface area contributed by atoms with Crippen LogP contribution in [0.1, 0.15) is 56.1 Å². The van der Waals surface area contributed by atoms with Crippen molar-refractivity contribution in [1.29, 1.82) is 0 Å². The van der Waals surface area contributed by atoms with Gasteiger partial charge in [-0.05, 0) is 63.3 Å². The molecule has 1 aromatic carbocycles. The highest BCUT2D eigenvalue weighted by atomic mass is 79.9. The van der Waals surface area contributed by atoms with E-state index in [1.807, 2.05) is 0 Å². The van der Waals surface area contributed by atoms with E-state index in [1.165, 1.54) is 4.90 Å². The van der Waals surface area contributed by atoms with Crippen molar-refractivity contribution in [3.05, 3.63) is 28.2 Å². The van der Waals surface area contributed by atoms with Gasteiger partial charge >= 0.3 is 6.09 Å². The van der Waals surface area contributed by atoms with E-state index in [4.69, 9.17) is 14.6 Å². The Bertz CT molecular complexity index is 1150. The molecule has 3 aliphatic rings. The van der Waals surface area contributed by atoms with Gasteiger partial charge in [0.1, 0.15) is 17.7 Å². The second kappa shape index (κ2) is 8.55. The molecule has 4 rings (SSSR count). The maximum Gasteiger partial charge on any atom is 0.410 e. The zero-order chi connectivity index (χ0) is 27.5. The van der Waals surface area contributed by atoms with Crippen LogP contribution in [0.25, 0.3) is 0 Å². The van der Waals surface area contributed by atoms with Crippen molar-refractivity contribution in [2.75, 3.05) is 18.8 Å². The van der Waals surface area contributed by atoms with Crippen LogP contribution in [0.4, 0.5) is 10.5 Å². The Kier molecular flexibility index (Phi) is 5.21. The molecular weight excluding hydrogens is 504 g/mol. The zero-order valence-corrected chi connectivity index (χ0v) is 21.0. The van der Waals surface area contributed by atoms with E-state index in [0.717, 1.165) is 12.8 Å². The molecule has 10 heteroatoms. The van der Waals surface area contributed by atoms with Crippen LogP contribution in [0.2, 0.25) is 0 Å². The number of hydrogen-bond acceptors (Lipinski definition) is 5. The first-order chi connectivity index (χ1) is 17.0. The van der Waals surface area contributed by atoms with Gasteiger partial charge in [-0.15, -0.1) is 0 Å². The van der Waals surface area contributed by atoms with Crippen molar-refractivity contribution in [3.8, 4) is 0 Å². The summed E-state index contributed by atoms with van der Waals surface area (Å²) in [4.78, 5) is 54.6. The van der Waals surface area contributed by atoms with Gasteiger partial charge in [-0.1, -0.05) is 28.8 Å². The Morgan fingerprint density at radius 3 is 2.68 bits per heavy atom. The Morgan fingerprint density at radius 2 is 2.09 bits per heavy atom. The highest BCUT2D eigenvalue weighted by Gasteiger charge is 2.58. The zero-order valence-electron chi connectivity index (χ0n) is 22.4. The number of likely N-dealkylation sites (N-methyl/N-ethyl adjacent to an activating group) is 1. The van der Waals surface area contributed by atoms with Gasteiger partial charge in [0.25, 0.3) is 0 Å². The molecule has 1 aromatic rings. The van der Waals surface area contributed by atoms with E-state index < -0.39 is 48.0 Å². The van der Waals surface area contributed by atoms with Crippen molar-refractivity contribution in [1.82, 2.24) is 9.80 Å². The average molecular weight is 538 g/mol. The SMILES string of the molecule is [2H]C([2H])([2H])N(C(=O)OC(C)(C)C)[C@@H](CC1CC1)C(=O)N1C[C@]2(C[C@H]1C(N)=O)C(=O)Nc1ccc(Br)cc12. The van der Waals surface area contributed by atoms with Crippen LogP contribution in [0.5, 0.6) is 0 Å². The van der Waals surface area contributed by atoms with Crippen LogP contribution in [0.3, 0.4) is 0 Å². The number of amides is 4. The number of nitrogens with zero attached hydrogens (tertiary/aromatic N) is 2. The maximum absolute atomic E-state index is 14.1. The monoisotopic (exact) mass is 537 g/mol. The molecule has 34 heavy (non-hydrogen) atoms. The normalized spacial score (nSPS) is 26.2. The van der Waals surface area contributed by atoms with E-state index in [-0.39, 0.29) is 31.2 Å². The molecule has 3 atom stereocenters. The second-order valence-electron chi connectivity index (χ2n) is 10.4. The summed E-state index contributed by atoms with van der Waals surface area (Å²) < 4.78 is 30.3. The first kappa shape index (κ1) is 20.7. The van der Waals surface area contributed by atoms with Gasteiger partial charge in [0.15, 0.2) is 0 Å². The number of hydrogen-bond donors (Lipinski definition) is 2. The highest BCUT2D eigenvalue weighted by molar-refractivity contribution is 9.10. The Labute approximate surface area is 211 Å². The Morgan fingerprint density at radius 1 is 1.38 bits per heavy atom. The highest BCUT2D eigenvalue weighted by Crippen LogP contribution is 2.47. The van der Waals surface area contributed by atoms with E-state index in [0.29, 0.717) is 20.6 Å². The number of fused-ring (bicyclic) bond motifs is 2. The summed E-state index contributed by atoms with van der Waals surface area (Å²) in [6.45, 7) is 1.63. The van der Waals surface area contributed by atoms with Crippen LogP contribution in [0, 0.1) is 5.92 Å². The van der Waals surface area contributed by atoms with Crippen molar-refractivity contribution >= 4 is 45.4 Å². The lowest BCUT2D eigenvalue weighted by Gasteiger charge is -2.34. The maximum atomic E-state index is 14.1. The first-order valence-corrected chi connectivity index (χ1v) is 12.1. The van der Waals surface area contributed by atoms with Gasteiger partial charge in [0.05, 0.1) is 5.41 Å². The predicted octanol–water partition coefficient (Wildman–Crippen LogP) is 2.76. The number of nitrogens with two attached hydrogens (primary N) is 1. The predicted molar refractivity (Wildman–Crippen MR) is 129 cm³/mol. The fourth-order valence-corrected chi connectivity index (χ4v) is 5.11. The minimum Gasteiger partial charge on any atom is -0.444 e. The lowest BCUT2D eigenvalue weighted by molar-refractivity contribution is -0.141. The van der Waals surface area contributed by atoms with Crippen molar-refractivity contribution in [3.63, 3.8) is 0 Å². The quantitative estimate of drug-likeness (QED) is 0.597. The molecule has 0 radical (unpaired) electrons. The van der Waals surface area contributed by atoms with Crippen LogP contribution in [0.15, 0.2) is 22.7 Å². The third-order valence-corrected chi connectivity index (χ3v) is 7.08. The summed E-state index contributed by atoms with van der Waals surface area (Å²) in [5.41, 5.74) is 4.65. The van der Waals surface area contributed by atoms with Gasteiger partial charge < -0.3 is 20.7 Å². The number of rotatable bonds is 5. The molecule has 0 aromatic heterocycles. The second-order valence-corrected chi connectivity index (χ2v) is 11.3. The van der Waals surface area contributed by atoms with Gasteiger partial charge in [-0.3, -0.25) is 19.3 Å². The molecule has 4 amide bonds. The standard InChI is InChI=1S/C24H31BrN4O5/c1-23(2,3)34-22(33)28(4)17(9-13-5-6-13)20(31)29-12-24(11-18(29)19(26)30)15-10-14(25)7-8-16(15)27-21(24)32/h7-8,10,13,17-18H,5-6,9,11-12H2,1-4H3,(H2,26,30)(H,27,32)/t17-,18-,24-/m0/s1/i4D3. The molecule has 2 aliphatic heterocycles. The lowest BCUT2D eigenvalue weighted by Crippen LogP contribution is -2.54. The van der Waals surface area contributed by atoms with Crippen LogP contribution >= 0.6 is 15.9 Å². The van der Waals surface area contributed by atoms with Crippen molar-refractivity contribution < 1.29 is 28.0 Å². The summed E-state index contributed by atoms with van der Waals surface area (Å²) in [6, 6.07) is 2.67. The number of carbonyl (C=O) groups is 4. The van der Waals surface area contributed by atoms with E-state index >= 15 is 0 Å². The number of benzene rings is 1. The number of carbonyl (C=O) groups excluding carboxylic acids is 4. The topological polar surface area (TPSA) is 122 Å². The third-order valence-electron chi connectivity index (χ3n) is 6.59. The molecule has 0 unspecified atom stereocenters. The molecule has 1 spiro atoms. The molecule has 2 fully saturated rings. The van der Waals surface area contributed by atoms with Gasteiger partial charge in [0.2, 0.25) is 17.7 Å². The number of likely N-dealkylation sites (tertiary alicyclic amines) is 1. The van der Waals surface area contributed by atoms with Crippen LogP contribution < -0.4 is 11.1 Å². The van der Waals surface area contributed by atoms with E-state index in [1.54, 1.807) is 39.0 Å². The Hall–Kier alpha value is -2.62. The van der Waals surface area contributed by atoms with Crippen LogP contribution in [-0.2, 0) is 24.5 Å². The largest absolute Gasteiger partial charge is 0.444 e. The van der Waals surface area contributed by atoms with Crippen molar-refractivity contribution in [2.24, 2.45) is 11.7 Å². The van der Waals surface area contributed by atoms with E-state index in [9.17, 15) is 19.2 Å². The average Bonchev–Trinajstić information content (AvgIpc) is 3.40. The van der Waals surface area contributed by atoms with Gasteiger partial charge in [-0.2, -0.15) is 0 Å². The minimum atomic E-state index is -2.99. The number of halogens is 1. The molecule has 184 valence electrons. The molecule has 2 heterocycles. The summed E-state index contributed by atoms with van der Waals surface area (Å²) in [6.07, 6.45) is 0.475. The molecule has 1 saturated carbocycles. The molecule has 1 saturated heterocycles. The summed E-state index contributed by atoms with van der Waals surface area (Å²) in [5.74, 6) is -1.88. The van der Waals surface area contributed by atoms with Gasteiger partial charge in [0, 0.05) is 27.8 Å². The summed E-state index contributed by atoms with van der Waals surface area (Å²) in [5, 5.41) is 2.81. The molecular formula is C24H31BrN4O5. The molecule has 1 aliphatic carbocycles. The third kappa shape index (κ3) is 4.52. The van der Waals surface area contributed by atoms with Crippen LogP contribution in [-0.4, -0.2) is 64.8 Å². The summed E-state index contributed by atoms with van der Waals surface area (Å²) >= 11 is 3.41. The first-order valence-electron chi connectivity index (χ1n) is 12.8. The Balaban J connectivity index is 1.74. The van der Waals surface area contributed by atoms with Crippen molar-refractivity contribution in [2.45, 2.75) is 69.6 Å². The van der Waals surface area contributed by atoms with E-state index in [2.05, 4.69) is 21.2 Å². The smallest absolute Gasteiger partial charge is 0.410 e. The minimum absolute atomic E-state index is 0.0521. The fourth-order valence-electron chi connectivity index (χ4n) is 4.75. The number of anilines is 1. The molecule has 3 N–H and O–H groups in total. The lowest BCUT2D eigenvalue weighted by atomic mass is 9.79. The number of primary amides is 1. The fraction of sp³-hybridized carbons (Fsp3) is 0.583. The number of ether oxygens (including phenoxy) is 1. The molecule has 9 nitrogen and oxygen atoms in total. The van der Waals surface area contributed by atoms with Gasteiger partial charge in [-0.25, -0.2) is 4.79 Å². The summed E-state index contributed by atoms with van der Waals surface area (Å²) in [7, 11) is 0. The molecule has 0 bridgehead atoms.